The summed E-state index contributed by atoms with van der Waals surface area (Å²) in [5, 5.41) is 11.4. The van der Waals surface area contributed by atoms with Gasteiger partial charge in [-0.05, 0) is 50.1 Å². The standard InChI is InChI=1S/C22H20FN3O3/c1-12-8-14-15(26-12)2-3-19(21(14)23)29-18-4-7-25-16-10-20(17(27)9-13(16)18)28-11-22(24)5-6-22/h2-4,7-10,26-27H,5-6,11,24H2,1H3. The highest BCUT2D eigenvalue weighted by atomic mass is 19.1. The van der Waals surface area contributed by atoms with Gasteiger partial charge in [-0.25, -0.2) is 4.39 Å². The van der Waals surface area contributed by atoms with Gasteiger partial charge in [0.25, 0.3) is 0 Å². The molecule has 4 N–H and O–H groups in total. The number of phenolic OH excluding ortho intramolecular Hbond substituents is 1. The van der Waals surface area contributed by atoms with Gasteiger partial charge in [-0.1, -0.05) is 0 Å². The Morgan fingerprint density at radius 3 is 2.76 bits per heavy atom. The molecule has 1 fully saturated rings. The highest BCUT2D eigenvalue weighted by Crippen LogP contribution is 2.39. The second kappa shape index (κ2) is 6.35. The maximum Gasteiger partial charge on any atom is 0.175 e. The molecule has 1 aliphatic rings. The van der Waals surface area contributed by atoms with E-state index < -0.39 is 5.82 Å². The lowest BCUT2D eigenvalue weighted by atomic mass is 10.1. The molecule has 0 atom stereocenters. The predicted octanol–water partition coefficient (Wildman–Crippen LogP) is 4.53. The number of nitrogens with zero attached hydrogens (tertiary/aromatic N) is 1. The molecule has 5 rings (SSSR count). The van der Waals surface area contributed by atoms with Crippen LogP contribution in [0.3, 0.4) is 0 Å². The summed E-state index contributed by atoms with van der Waals surface area (Å²) in [5.41, 5.74) is 7.89. The first-order chi connectivity index (χ1) is 13.9. The van der Waals surface area contributed by atoms with Crippen molar-refractivity contribution in [2.24, 2.45) is 5.73 Å². The van der Waals surface area contributed by atoms with E-state index in [9.17, 15) is 9.50 Å². The molecule has 1 aliphatic carbocycles. The molecular weight excluding hydrogens is 373 g/mol. The zero-order valence-corrected chi connectivity index (χ0v) is 15.8. The van der Waals surface area contributed by atoms with Crippen LogP contribution in [-0.2, 0) is 0 Å². The van der Waals surface area contributed by atoms with Crippen molar-refractivity contribution in [2.45, 2.75) is 25.3 Å². The van der Waals surface area contributed by atoms with Gasteiger partial charge in [0.05, 0.1) is 11.1 Å². The number of rotatable bonds is 5. The molecule has 2 heterocycles. The Balaban J connectivity index is 1.50. The SMILES string of the molecule is Cc1cc2c(F)c(Oc3ccnc4cc(OCC5(N)CC5)c(O)cc34)ccc2[nH]1. The van der Waals surface area contributed by atoms with Crippen LogP contribution in [0.5, 0.6) is 23.0 Å². The number of hydrogen-bond donors (Lipinski definition) is 3. The molecule has 0 radical (unpaired) electrons. The lowest BCUT2D eigenvalue weighted by Crippen LogP contribution is -2.29. The number of phenols is 1. The summed E-state index contributed by atoms with van der Waals surface area (Å²) in [4.78, 5) is 7.42. The number of benzene rings is 2. The second-order valence-corrected chi connectivity index (χ2v) is 7.69. The van der Waals surface area contributed by atoms with Crippen LogP contribution in [0.15, 0.2) is 42.6 Å². The number of aromatic hydroxyl groups is 1. The molecule has 29 heavy (non-hydrogen) atoms. The third-order valence-corrected chi connectivity index (χ3v) is 5.25. The maximum atomic E-state index is 14.9. The van der Waals surface area contributed by atoms with Crippen molar-refractivity contribution < 1.29 is 19.0 Å². The number of pyridine rings is 1. The van der Waals surface area contributed by atoms with E-state index in [1.54, 1.807) is 36.5 Å². The number of ether oxygens (including phenoxy) is 2. The van der Waals surface area contributed by atoms with Crippen LogP contribution in [0.1, 0.15) is 18.5 Å². The highest BCUT2D eigenvalue weighted by Gasteiger charge is 2.39. The Morgan fingerprint density at radius 1 is 1.14 bits per heavy atom. The molecule has 0 bridgehead atoms. The third-order valence-electron chi connectivity index (χ3n) is 5.25. The molecule has 0 unspecified atom stereocenters. The lowest BCUT2D eigenvalue weighted by molar-refractivity contribution is 0.267. The quantitative estimate of drug-likeness (QED) is 0.463. The zero-order chi connectivity index (χ0) is 20.2. The van der Waals surface area contributed by atoms with Crippen LogP contribution >= 0.6 is 0 Å². The average molecular weight is 393 g/mol. The minimum atomic E-state index is -0.446. The maximum absolute atomic E-state index is 14.9. The smallest absolute Gasteiger partial charge is 0.175 e. The van der Waals surface area contributed by atoms with E-state index in [1.165, 1.54) is 6.07 Å². The summed E-state index contributed by atoms with van der Waals surface area (Å²) in [7, 11) is 0. The Morgan fingerprint density at radius 2 is 1.97 bits per heavy atom. The Labute approximate surface area is 166 Å². The molecule has 4 aromatic rings. The molecule has 0 aliphatic heterocycles. The van der Waals surface area contributed by atoms with Crippen molar-refractivity contribution in [3.8, 4) is 23.0 Å². The first kappa shape index (κ1) is 17.8. The van der Waals surface area contributed by atoms with Crippen molar-refractivity contribution in [2.75, 3.05) is 6.61 Å². The predicted molar refractivity (Wildman–Crippen MR) is 108 cm³/mol. The Hall–Kier alpha value is -3.32. The molecule has 1 saturated carbocycles. The highest BCUT2D eigenvalue weighted by molar-refractivity contribution is 5.88. The number of aromatic nitrogens is 2. The number of aromatic amines is 1. The number of halogens is 1. The van der Waals surface area contributed by atoms with Gasteiger partial charge in [-0.2, -0.15) is 0 Å². The molecule has 2 aromatic heterocycles. The number of fused-ring (bicyclic) bond motifs is 2. The second-order valence-electron chi connectivity index (χ2n) is 7.69. The molecule has 0 spiro atoms. The van der Waals surface area contributed by atoms with E-state index in [0.717, 1.165) is 18.5 Å². The Kier molecular flexibility index (Phi) is 3.89. The topological polar surface area (TPSA) is 93.4 Å². The van der Waals surface area contributed by atoms with Crippen molar-refractivity contribution >= 4 is 21.8 Å². The minimum absolute atomic E-state index is 0.0446. The van der Waals surface area contributed by atoms with Crippen molar-refractivity contribution in [1.29, 1.82) is 0 Å². The zero-order valence-electron chi connectivity index (χ0n) is 15.8. The van der Waals surface area contributed by atoms with Crippen LogP contribution in [-0.4, -0.2) is 27.2 Å². The van der Waals surface area contributed by atoms with Gasteiger partial charge in [0.2, 0.25) is 0 Å². The fourth-order valence-electron chi connectivity index (χ4n) is 3.35. The van der Waals surface area contributed by atoms with Crippen LogP contribution < -0.4 is 15.2 Å². The first-order valence-electron chi connectivity index (χ1n) is 9.41. The van der Waals surface area contributed by atoms with Gasteiger partial charge in [0.1, 0.15) is 12.4 Å². The number of aryl methyl sites for hydroxylation is 1. The van der Waals surface area contributed by atoms with E-state index >= 15 is 0 Å². The third kappa shape index (κ3) is 3.23. The Bertz CT molecular complexity index is 1250. The van der Waals surface area contributed by atoms with E-state index in [1.807, 2.05) is 6.92 Å². The first-order valence-corrected chi connectivity index (χ1v) is 9.41. The average Bonchev–Trinajstić information content (AvgIpc) is 3.30. The van der Waals surface area contributed by atoms with E-state index in [4.69, 9.17) is 15.2 Å². The van der Waals surface area contributed by atoms with Crippen molar-refractivity contribution in [3.05, 3.63) is 54.1 Å². The largest absolute Gasteiger partial charge is 0.504 e. The molecular formula is C22H20FN3O3. The summed E-state index contributed by atoms with van der Waals surface area (Å²) < 4.78 is 26.4. The monoisotopic (exact) mass is 393 g/mol. The van der Waals surface area contributed by atoms with Gasteiger partial charge in [-0.3, -0.25) is 4.98 Å². The summed E-state index contributed by atoms with van der Waals surface area (Å²) >= 11 is 0. The normalized spacial score (nSPS) is 15.0. The molecule has 2 aromatic carbocycles. The van der Waals surface area contributed by atoms with Crippen LogP contribution in [0.2, 0.25) is 0 Å². The molecule has 6 nitrogen and oxygen atoms in total. The fraction of sp³-hybridized carbons (Fsp3) is 0.227. The van der Waals surface area contributed by atoms with Crippen molar-refractivity contribution in [1.82, 2.24) is 9.97 Å². The van der Waals surface area contributed by atoms with Crippen molar-refractivity contribution in [3.63, 3.8) is 0 Å². The van der Waals surface area contributed by atoms with Crippen LogP contribution in [0, 0.1) is 12.7 Å². The summed E-state index contributed by atoms with van der Waals surface area (Å²) in [6.07, 6.45) is 3.39. The van der Waals surface area contributed by atoms with E-state index in [-0.39, 0.29) is 17.0 Å². The van der Waals surface area contributed by atoms with E-state index in [0.29, 0.717) is 39.9 Å². The number of hydrogen-bond acceptors (Lipinski definition) is 5. The molecule has 0 saturated heterocycles. The summed E-state index contributed by atoms with van der Waals surface area (Å²) in [6, 6.07) is 9.87. The molecule has 7 heteroatoms. The number of nitrogens with one attached hydrogen (secondary N) is 1. The minimum Gasteiger partial charge on any atom is -0.504 e. The number of H-pyrrole nitrogens is 1. The summed E-state index contributed by atoms with van der Waals surface area (Å²) in [6.45, 7) is 2.21. The van der Waals surface area contributed by atoms with Crippen LogP contribution in [0.25, 0.3) is 21.8 Å². The fourth-order valence-corrected chi connectivity index (χ4v) is 3.35. The lowest BCUT2D eigenvalue weighted by Gasteiger charge is -2.14. The van der Waals surface area contributed by atoms with Gasteiger partial charge in [0.15, 0.2) is 23.1 Å². The van der Waals surface area contributed by atoms with E-state index in [2.05, 4.69) is 9.97 Å². The van der Waals surface area contributed by atoms with Gasteiger partial charge in [0, 0.05) is 34.2 Å². The molecule has 148 valence electrons. The summed E-state index contributed by atoms with van der Waals surface area (Å²) in [5.74, 6) is 0.312. The van der Waals surface area contributed by atoms with Gasteiger partial charge < -0.3 is 25.3 Å². The van der Waals surface area contributed by atoms with Gasteiger partial charge in [-0.15, -0.1) is 0 Å². The number of nitrogens with two attached hydrogens (primary N) is 1. The molecule has 0 amide bonds. The van der Waals surface area contributed by atoms with Gasteiger partial charge >= 0.3 is 0 Å². The van der Waals surface area contributed by atoms with Crippen LogP contribution in [0.4, 0.5) is 4.39 Å².